The van der Waals surface area contributed by atoms with Crippen molar-refractivity contribution in [1.82, 2.24) is 24.5 Å². The summed E-state index contributed by atoms with van der Waals surface area (Å²) in [5.41, 5.74) is 1.45. The topological polar surface area (TPSA) is 61.7 Å². The van der Waals surface area contributed by atoms with Crippen LogP contribution in [0.15, 0.2) is 6.07 Å². The van der Waals surface area contributed by atoms with Gasteiger partial charge in [0.15, 0.2) is 5.69 Å². The fourth-order valence-electron chi connectivity index (χ4n) is 4.47. The molecule has 3 heterocycles. The largest absolute Gasteiger partial charge is 0.339 e. The van der Waals surface area contributed by atoms with Crippen molar-refractivity contribution in [2.24, 2.45) is 0 Å². The Morgan fingerprint density at radius 3 is 2.30 bits per heavy atom. The molecule has 0 N–H and O–H groups in total. The van der Waals surface area contributed by atoms with E-state index in [1.807, 2.05) is 20.5 Å². The van der Waals surface area contributed by atoms with Crippen LogP contribution in [-0.2, 0) is 10.3 Å². The summed E-state index contributed by atoms with van der Waals surface area (Å²) in [7, 11) is 0. The van der Waals surface area contributed by atoms with Crippen LogP contribution in [0, 0.1) is 0 Å². The first-order valence-electron chi connectivity index (χ1n) is 11.5. The lowest BCUT2D eigenvalue weighted by atomic mass is 10.0. The van der Waals surface area contributed by atoms with Crippen molar-refractivity contribution < 1.29 is 9.59 Å². The van der Waals surface area contributed by atoms with Gasteiger partial charge in [0.25, 0.3) is 5.91 Å². The molecule has 2 aliphatic rings. The average Bonchev–Trinajstić information content (AvgIpc) is 3.15. The number of carbonyl (C=O) groups excluding carboxylic acids is 2. The lowest BCUT2D eigenvalue weighted by Gasteiger charge is -2.37. The monoisotopic (exact) mass is 417 g/mol. The van der Waals surface area contributed by atoms with E-state index in [1.165, 1.54) is 6.42 Å². The highest BCUT2D eigenvalue weighted by Crippen LogP contribution is 2.24. The summed E-state index contributed by atoms with van der Waals surface area (Å²) >= 11 is 0. The first kappa shape index (κ1) is 22.8. The van der Waals surface area contributed by atoms with Gasteiger partial charge in [-0.25, -0.2) is 0 Å². The van der Waals surface area contributed by atoms with Gasteiger partial charge >= 0.3 is 0 Å². The fourth-order valence-corrected chi connectivity index (χ4v) is 4.47. The van der Waals surface area contributed by atoms with Crippen LogP contribution in [-0.4, -0.2) is 81.6 Å². The summed E-state index contributed by atoms with van der Waals surface area (Å²) in [6.45, 7) is 16.8. The van der Waals surface area contributed by atoms with Crippen molar-refractivity contribution in [1.29, 1.82) is 0 Å². The minimum atomic E-state index is -0.164. The third-order valence-corrected chi connectivity index (χ3v) is 6.32. The molecule has 1 unspecified atom stereocenters. The van der Waals surface area contributed by atoms with Crippen molar-refractivity contribution >= 4 is 11.8 Å². The molecule has 3 rings (SSSR count). The van der Waals surface area contributed by atoms with E-state index in [2.05, 4.69) is 51.5 Å². The van der Waals surface area contributed by atoms with Crippen LogP contribution in [0.3, 0.4) is 0 Å². The number of piperazine rings is 1. The Kier molecular flexibility index (Phi) is 6.90. The molecule has 1 aromatic heterocycles. The van der Waals surface area contributed by atoms with Gasteiger partial charge in [-0.15, -0.1) is 0 Å². The number of amides is 2. The quantitative estimate of drug-likeness (QED) is 0.756. The van der Waals surface area contributed by atoms with Crippen molar-refractivity contribution in [2.45, 2.75) is 78.3 Å². The van der Waals surface area contributed by atoms with Crippen LogP contribution in [0.4, 0.5) is 0 Å². The number of carbonyl (C=O) groups is 2. The molecule has 1 atom stereocenters. The number of likely N-dealkylation sites (tertiary alicyclic amines) is 1. The molecule has 2 fully saturated rings. The third-order valence-electron chi connectivity index (χ3n) is 6.32. The average molecular weight is 418 g/mol. The lowest BCUT2D eigenvalue weighted by Crippen LogP contribution is -2.53. The van der Waals surface area contributed by atoms with Gasteiger partial charge in [-0.05, 0) is 58.9 Å². The highest BCUT2D eigenvalue weighted by molar-refractivity contribution is 5.92. The summed E-state index contributed by atoms with van der Waals surface area (Å²) in [5, 5.41) is 4.67. The van der Waals surface area contributed by atoms with Gasteiger partial charge in [-0.1, -0.05) is 13.8 Å². The predicted octanol–water partition coefficient (Wildman–Crippen LogP) is 2.92. The maximum absolute atomic E-state index is 13.1. The van der Waals surface area contributed by atoms with Gasteiger partial charge in [0.05, 0.1) is 12.1 Å². The van der Waals surface area contributed by atoms with E-state index in [1.54, 1.807) is 0 Å². The summed E-state index contributed by atoms with van der Waals surface area (Å²) in [6.07, 6.45) is 3.43. The number of piperidine rings is 1. The van der Waals surface area contributed by atoms with Crippen LogP contribution in [0.2, 0.25) is 0 Å². The van der Waals surface area contributed by atoms with Gasteiger partial charge in [0, 0.05) is 44.5 Å². The van der Waals surface area contributed by atoms with E-state index in [-0.39, 0.29) is 17.4 Å². The van der Waals surface area contributed by atoms with E-state index < -0.39 is 0 Å². The van der Waals surface area contributed by atoms with E-state index in [4.69, 9.17) is 0 Å². The summed E-state index contributed by atoms with van der Waals surface area (Å²) in [6, 6.07) is 2.30. The van der Waals surface area contributed by atoms with E-state index >= 15 is 0 Å². The summed E-state index contributed by atoms with van der Waals surface area (Å²) < 4.78 is 1.99. The SMILES string of the molecule is CC(C)c1cc(C(=O)N2CCN(CC(=O)N3CCCCC3C)CC2)nn1C(C)(C)C. The second-order valence-electron chi connectivity index (χ2n) is 10.2. The van der Waals surface area contributed by atoms with Crippen LogP contribution < -0.4 is 0 Å². The molecule has 2 amide bonds. The molecule has 168 valence electrons. The second kappa shape index (κ2) is 9.08. The molecule has 0 bridgehead atoms. The molecule has 7 heteroatoms. The van der Waals surface area contributed by atoms with Crippen molar-refractivity contribution in [3.8, 4) is 0 Å². The minimum absolute atomic E-state index is 0.00414. The number of hydrogen-bond donors (Lipinski definition) is 0. The zero-order valence-corrected chi connectivity index (χ0v) is 19.6. The molecule has 30 heavy (non-hydrogen) atoms. The Morgan fingerprint density at radius 1 is 1.10 bits per heavy atom. The molecule has 1 aromatic rings. The standard InChI is InChI=1S/C23H39N5O2/c1-17(2)20-15-19(24-28(20)23(4,5)6)22(30)26-13-11-25(12-14-26)16-21(29)27-10-8-7-9-18(27)3/h15,17-18H,7-14,16H2,1-6H3. The first-order chi connectivity index (χ1) is 14.1. The van der Waals surface area contributed by atoms with Gasteiger partial charge in [0.1, 0.15) is 0 Å². The maximum atomic E-state index is 13.1. The third kappa shape index (κ3) is 5.05. The second-order valence-corrected chi connectivity index (χ2v) is 10.2. The van der Waals surface area contributed by atoms with Crippen molar-refractivity contribution in [3.05, 3.63) is 17.5 Å². The zero-order chi connectivity index (χ0) is 22.1. The maximum Gasteiger partial charge on any atom is 0.274 e. The number of hydrogen-bond acceptors (Lipinski definition) is 4. The minimum Gasteiger partial charge on any atom is -0.339 e. The molecular formula is C23H39N5O2. The molecule has 0 aliphatic carbocycles. The highest BCUT2D eigenvalue weighted by atomic mass is 16.2. The molecule has 2 aliphatic heterocycles. The molecule has 7 nitrogen and oxygen atoms in total. The van der Waals surface area contributed by atoms with Gasteiger partial charge in [0.2, 0.25) is 5.91 Å². The predicted molar refractivity (Wildman–Crippen MR) is 119 cm³/mol. The van der Waals surface area contributed by atoms with Crippen molar-refractivity contribution in [2.75, 3.05) is 39.3 Å². The summed E-state index contributed by atoms with van der Waals surface area (Å²) in [5.74, 6) is 0.529. The number of aromatic nitrogens is 2. The molecule has 0 radical (unpaired) electrons. The Balaban J connectivity index is 1.58. The van der Waals surface area contributed by atoms with E-state index in [9.17, 15) is 9.59 Å². The molecule has 0 saturated carbocycles. The van der Waals surface area contributed by atoms with Crippen LogP contribution in [0.5, 0.6) is 0 Å². The Labute approximate surface area is 181 Å². The normalized spacial score (nSPS) is 21.4. The Morgan fingerprint density at radius 2 is 1.77 bits per heavy atom. The molecule has 2 saturated heterocycles. The zero-order valence-electron chi connectivity index (χ0n) is 19.6. The Hall–Kier alpha value is -1.89. The molecular weight excluding hydrogens is 378 g/mol. The smallest absolute Gasteiger partial charge is 0.274 e. The lowest BCUT2D eigenvalue weighted by molar-refractivity contribution is -0.136. The van der Waals surface area contributed by atoms with E-state index in [0.717, 1.165) is 38.2 Å². The first-order valence-corrected chi connectivity index (χ1v) is 11.5. The van der Waals surface area contributed by atoms with Gasteiger partial charge in [-0.3, -0.25) is 19.2 Å². The Bertz CT molecular complexity index is 756. The number of rotatable bonds is 4. The summed E-state index contributed by atoms with van der Waals surface area (Å²) in [4.78, 5) is 31.9. The van der Waals surface area contributed by atoms with Crippen LogP contribution >= 0.6 is 0 Å². The number of nitrogens with zero attached hydrogens (tertiary/aromatic N) is 5. The van der Waals surface area contributed by atoms with Crippen LogP contribution in [0.1, 0.15) is 82.9 Å². The fraction of sp³-hybridized carbons (Fsp3) is 0.783. The van der Waals surface area contributed by atoms with Gasteiger partial charge < -0.3 is 9.80 Å². The molecule has 0 aromatic carbocycles. The molecule has 0 spiro atoms. The highest BCUT2D eigenvalue weighted by Gasteiger charge is 2.30. The van der Waals surface area contributed by atoms with Crippen molar-refractivity contribution in [3.63, 3.8) is 0 Å². The van der Waals surface area contributed by atoms with E-state index in [0.29, 0.717) is 37.3 Å². The van der Waals surface area contributed by atoms with Crippen LogP contribution in [0.25, 0.3) is 0 Å². The van der Waals surface area contributed by atoms with Gasteiger partial charge in [-0.2, -0.15) is 5.10 Å².